The number of nitrogens with zero attached hydrogens (tertiary/aromatic N) is 1. The summed E-state index contributed by atoms with van der Waals surface area (Å²) < 4.78 is 30.9. The summed E-state index contributed by atoms with van der Waals surface area (Å²) in [7, 11) is -2.64. The zero-order chi connectivity index (χ0) is 18.7. The van der Waals surface area contributed by atoms with Crippen LogP contribution in [0.4, 0.5) is 0 Å². The Kier molecular flexibility index (Phi) is 6.04. The smallest absolute Gasteiger partial charge is 0.329 e. The molecular formula is C15H19ClN2O6S. The van der Waals surface area contributed by atoms with E-state index in [2.05, 4.69) is 5.32 Å². The molecule has 0 aromatic heterocycles. The Morgan fingerprint density at radius 2 is 1.84 bits per heavy atom. The zero-order valence-electron chi connectivity index (χ0n) is 13.6. The molecule has 1 aromatic rings. The Labute approximate surface area is 150 Å². The van der Waals surface area contributed by atoms with Crippen LogP contribution in [0.15, 0.2) is 29.2 Å². The minimum absolute atomic E-state index is 0.00813. The van der Waals surface area contributed by atoms with E-state index in [0.717, 1.165) is 4.31 Å². The molecule has 0 spiro atoms. The van der Waals surface area contributed by atoms with E-state index in [9.17, 15) is 23.1 Å². The average Bonchev–Trinajstić information content (AvgIpc) is 2.55. The highest BCUT2D eigenvalue weighted by molar-refractivity contribution is 7.89. The number of hydrogen-bond acceptors (Lipinski definition) is 5. The van der Waals surface area contributed by atoms with Crippen LogP contribution >= 0.6 is 11.6 Å². The van der Waals surface area contributed by atoms with E-state index in [0.29, 0.717) is 5.02 Å². The van der Waals surface area contributed by atoms with Gasteiger partial charge in [0.05, 0.1) is 11.4 Å². The molecule has 8 nitrogen and oxygen atoms in total. The van der Waals surface area contributed by atoms with Gasteiger partial charge in [-0.1, -0.05) is 11.6 Å². The van der Waals surface area contributed by atoms with Crippen LogP contribution in [0.1, 0.15) is 12.8 Å². The fourth-order valence-corrected chi connectivity index (χ4v) is 3.75. The molecule has 1 heterocycles. The summed E-state index contributed by atoms with van der Waals surface area (Å²) in [6, 6.07) is 5.54. The second-order valence-corrected chi connectivity index (χ2v) is 8.24. The maximum absolute atomic E-state index is 12.5. The molecule has 1 aliphatic heterocycles. The number of benzene rings is 1. The highest BCUT2D eigenvalue weighted by Gasteiger charge is 2.42. The van der Waals surface area contributed by atoms with Crippen molar-refractivity contribution in [2.75, 3.05) is 26.8 Å². The first-order chi connectivity index (χ1) is 11.7. The number of carboxylic acids is 1. The van der Waals surface area contributed by atoms with Crippen molar-refractivity contribution >= 4 is 33.5 Å². The molecule has 10 heteroatoms. The van der Waals surface area contributed by atoms with Crippen LogP contribution in [-0.2, 0) is 24.3 Å². The first-order valence-electron chi connectivity index (χ1n) is 7.51. The van der Waals surface area contributed by atoms with Gasteiger partial charge >= 0.3 is 5.97 Å². The highest BCUT2D eigenvalue weighted by atomic mass is 35.5. The van der Waals surface area contributed by atoms with E-state index in [-0.39, 0.29) is 31.0 Å². The van der Waals surface area contributed by atoms with Gasteiger partial charge in [-0.15, -0.1) is 0 Å². The molecule has 0 unspecified atom stereocenters. The van der Waals surface area contributed by atoms with Crippen LogP contribution in [0, 0.1) is 0 Å². The van der Waals surface area contributed by atoms with Gasteiger partial charge in [-0.05, 0) is 24.3 Å². The molecule has 1 saturated heterocycles. The molecule has 0 radical (unpaired) electrons. The fourth-order valence-electron chi connectivity index (χ4n) is 2.49. The van der Waals surface area contributed by atoms with Crippen molar-refractivity contribution in [3.05, 3.63) is 29.3 Å². The number of likely N-dealkylation sites (N-methyl/N-ethyl adjacent to an activating group) is 1. The summed E-state index contributed by atoms with van der Waals surface area (Å²) in [4.78, 5) is 23.7. The van der Waals surface area contributed by atoms with Crippen molar-refractivity contribution in [1.82, 2.24) is 9.62 Å². The quantitative estimate of drug-likeness (QED) is 0.739. The van der Waals surface area contributed by atoms with Gasteiger partial charge in [0.25, 0.3) is 0 Å². The largest absolute Gasteiger partial charge is 0.480 e. The number of nitrogens with one attached hydrogen (secondary N) is 1. The third-order valence-corrected chi connectivity index (χ3v) is 6.09. The lowest BCUT2D eigenvalue weighted by Gasteiger charge is -2.34. The van der Waals surface area contributed by atoms with Gasteiger partial charge in [-0.25, -0.2) is 13.2 Å². The lowest BCUT2D eigenvalue weighted by molar-refractivity contribution is -0.152. The maximum atomic E-state index is 12.5. The van der Waals surface area contributed by atoms with E-state index >= 15 is 0 Å². The van der Waals surface area contributed by atoms with Crippen LogP contribution < -0.4 is 5.32 Å². The minimum Gasteiger partial charge on any atom is -0.480 e. The Bertz CT molecular complexity index is 744. The van der Waals surface area contributed by atoms with Crippen molar-refractivity contribution in [3.8, 4) is 0 Å². The van der Waals surface area contributed by atoms with Gasteiger partial charge in [0, 0.05) is 38.1 Å². The highest BCUT2D eigenvalue weighted by Crippen LogP contribution is 2.22. The summed E-state index contributed by atoms with van der Waals surface area (Å²) >= 11 is 5.74. The zero-order valence-corrected chi connectivity index (χ0v) is 15.1. The van der Waals surface area contributed by atoms with Crippen molar-refractivity contribution in [1.29, 1.82) is 0 Å². The van der Waals surface area contributed by atoms with E-state index in [1.54, 1.807) is 0 Å². The third-order valence-electron chi connectivity index (χ3n) is 4.02. The van der Waals surface area contributed by atoms with Crippen molar-refractivity contribution in [3.63, 3.8) is 0 Å². The number of carbonyl (C=O) groups excluding carboxylic acids is 1. The van der Waals surface area contributed by atoms with Crippen LogP contribution in [0.25, 0.3) is 0 Å². The summed E-state index contributed by atoms with van der Waals surface area (Å²) in [5.74, 6) is -1.85. The predicted octanol–water partition coefficient (Wildman–Crippen LogP) is 0.711. The lowest BCUT2D eigenvalue weighted by Crippen LogP contribution is -2.59. The molecule has 2 rings (SSSR count). The predicted molar refractivity (Wildman–Crippen MR) is 89.8 cm³/mol. The number of hydrogen-bond donors (Lipinski definition) is 2. The Morgan fingerprint density at radius 3 is 2.36 bits per heavy atom. The topological polar surface area (TPSA) is 113 Å². The molecule has 2 N–H and O–H groups in total. The van der Waals surface area contributed by atoms with Gasteiger partial charge in [0.1, 0.15) is 5.54 Å². The SMILES string of the molecule is CN(CC(=O)NC1(C(=O)O)CCOCC1)S(=O)(=O)c1ccc(Cl)cc1. The molecule has 25 heavy (non-hydrogen) atoms. The minimum atomic E-state index is -3.89. The number of carboxylic acid groups (broad SMARTS) is 1. The number of ether oxygens (including phenoxy) is 1. The molecule has 0 saturated carbocycles. The molecule has 0 atom stereocenters. The average molecular weight is 391 g/mol. The second kappa shape index (κ2) is 7.69. The van der Waals surface area contributed by atoms with E-state index in [4.69, 9.17) is 16.3 Å². The van der Waals surface area contributed by atoms with E-state index in [1.807, 2.05) is 0 Å². The standard InChI is InChI=1S/C15H19ClN2O6S/c1-18(25(22,23)12-4-2-11(16)3-5-12)10-13(19)17-15(14(20)21)6-8-24-9-7-15/h2-5H,6-10H2,1H3,(H,17,19)(H,20,21). The van der Waals surface area contributed by atoms with Gasteiger partial charge < -0.3 is 15.2 Å². The van der Waals surface area contributed by atoms with Gasteiger partial charge in [-0.3, -0.25) is 4.79 Å². The fraction of sp³-hybridized carbons (Fsp3) is 0.467. The Balaban J connectivity index is 2.08. The number of halogens is 1. The molecule has 1 aliphatic rings. The number of rotatable bonds is 6. The third kappa shape index (κ3) is 4.49. The number of sulfonamides is 1. The van der Waals surface area contributed by atoms with E-state index in [1.165, 1.54) is 31.3 Å². The molecule has 0 aliphatic carbocycles. The molecule has 138 valence electrons. The first-order valence-corrected chi connectivity index (χ1v) is 9.33. The van der Waals surface area contributed by atoms with Gasteiger partial charge in [-0.2, -0.15) is 4.31 Å². The molecule has 1 amide bonds. The number of carbonyl (C=O) groups is 2. The molecule has 1 aromatic carbocycles. The normalized spacial score (nSPS) is 17.2. The summed E-state index contributed by atoms with van der Waals surface area (Å²) in [6.07, 6.45) is 0.253. The molecule has 0 bridgehead atoms. The van der Waals surface area contributed by atoms with Gasteiger partial charge in [0.2, 0.25) is 15.9 Å². The Hall–Kier alpha value is -1.68. The second-order valence-electron chi connectivity index (χ2n) is 5.76. The van der Waals surface area contributed by atoms with Crippen molar-refractivity contribution < 1.29 is 27.9 Å². The van der Waals surface area contributed by atoms with Crippen LogP contribution in [0.2, 0.25) is 5.02 Å². The van der Waals surface area contributed by atoms with Crippen LogP contribution in [0.5, 0.6) is 0 Å². The monoisotopic (exact) mass is 390 g/mol. The number of aliphatic carboxylic acids is 1. The van der Waals surface area contributed by atoms with Crippen molar-refractivity contribution in [2.24, 2.45) is 0 Å². The summed E-state index contributed by atoms with van der Waals surface area (Å²) in [5.41, 5.74) is -1.43. The van der Waals surface area contributed by atoms with Crippen LogP contribution in [0.3, 0.4) is 0 Å². The van der Waals surface area contributed by atoms with E-state index < -0.39 is 34.0 Å². The summed E-state index contributed by atoms with van der Waals surface area (Å²) in [5, 5.41) is 12.3. The first kappa shape index (κ1) is 19.6. The van der Waals surface area contributed by atoms with Crippen molar-refractivity contribution in [2.45, 2.75) is 23.3 Å². The van der Waals surface area contributed by atoms with Crippen LogP contribution in [-0.4, -0.2) is 62.1 Å². The summed E-state index contributed by atoms with van der Waals surface area (Å²) in [6.45, 7) is -0.0716. The Morgan fingerprint density at radius 1 is 1.28 bits per heavy atom. The molecule has 1 fully saturated rings. The molecular weight excluding hydrogens is 372 g/mol. The van der Waals surface area contributed by atoms with Gasteiger partial charge in [0.15, 0.2) is 0 Å². The number of amides is 1. The lowest BCUT2D eigenvalue weighted by atomic mass is 9.90. The maximum Gasteiger partial charge on any atom is 0.329 e.